The third-order valence-electron chi connectivity index (χ3n) is 5.51. The third-order valence-corrected chi connectivity index (χ3v) is 5.51. The lowest BCUT2D eigenvalue weighted by Crippen LogP contribution is -2.53. The number of hydrogen-bond acceptors (Lipinski definition) is 6. The summed E-state index contributed by atoms with van der Waals surface area (Å²) in [6.45, 7) is 6.28. The average Bonchev–Trinajstić information content (AvgIpc) is 3.00. The maximum atomic E-state index is 5.69. The number of oxazole rings is 1. The molecule has 24 heavy (non-hydrogen) atoms. The molecule has 3 atom stereocenters. The van der Waals surface area contributed by atoms with Crippen molar-refractivity contribution in [1.82, 2.24) is 15.2 Å². The smallest absolute Gasteiger partial charge is 0.302 e. The Morgan fingerprint density at radius 1 is 1.25 bits per heavy atom. The summed E-state index contributed by atoms with van der Waals surface area (Å²) >= 11 is 0. The van der Waals surface area contributed by atoms with Crippen molar-refractivity contribution in [1.29, 1.82) is 0 Å². The number of hydrogen-bond donors (Lipinski definition) is 2. The first-order chi connectivity index (χ1) is 11.7. The Kier molecular flexibility index (Phi) is 4.14. The first-order valence-electron chi connectivity index (χ1n) is 8.85. The Morgan fingerprint density at radius 3 is 2.92 bits per heavy atom. The van der Waals surface area contributed by atoms with E-state index in [1.165, 1.54) is 19.3 Å². The molecule has 0 spiro atoms. The lowest BCUT2D eigenvalue weighted by atomic mass is 9.77. The molecule has 0 saturated heterocycles. The molecule has 1 aliphatic carbocycles. The van der Waals surface area contributed by atoms with Crippen LogP contribution < -0.4 is 10.6 Å². The van der Waals surface area contributed by atoms with Gasteiger partial charge in [-0.2, -0.15) is 4.98 Å². The quantitative estimate of drug-likeness (QED) is 0.886. The van der Waals surface area contributed by atoms with Crippen molar-refractivity contribution >= 4 is 23.1 Å². The number of anilines is 1. The van der Waals surface area contributed by atoms with Gasteiger partial charge in [0.2, 0.25) is 5.96 Å². The molecule has 1 aromatic carbocycles. The van der Waals surface area contributed by atoms with E-state index in [1.54, 1.807) is 0 Å². The monoisotopic (exact) mass is 327 g/mol. The Labute approximate surface area is 142 Å². The van der Waals surface area contributed by atoms with Crippen molar-refractivity contribution in [2.24, 2.45) is 16.8 Å². The standard InChI is InChI=1S/C18H25N5O/c1-12-6-5-8-15(13(12)2)23-10-19-17(20-11-23)22-18-21-14-7-3-4-9-16(14)24-18/h3-4,7,9,12-13,15H,5-6,8,10-11H2,1-2H3,(H2,19,20,21,22). The number of guanidine groups is 1. The number of aliphatic imine (C=N–C) groups is 1. The number of para-hydroxylation sites is 2. The van der Waals surface area contributed by atoms with Crippen LogP contribution in [0.15, 0.2) is 33.7 Å². The molecule has 2 heterocycles. The lowest BCUT2D eigenvalue weighted by Gasteiger charge is -2.42. The fraction of sp³-hybridized carbons (Fsp3) is 0.556. The van der Waals surface area contributed by atoms with E-state index in [9.17, 15) is 0 Å². The van der Waals surface area contributed by atoms with Gasteiger partial charge in [0.1, 0.15) is 5.52 Å². The molecule has 1 fully saturated rings. The van der Waals surface area contributed by atoms with Crippen LogP contribution in [0, 0.1) is 11.8 Å². The summed E-state index contributed by atoms with van der Waals surface area (Å²) in [5.74, 6) is 2.25. The molecule has 0 radical (unpaired) electrons. The number of aromatic nitrogens is 1. The minimum atomic E-state index is 0.482. The predicted molar refractivity (Wildman–Crippen MR) is 95.7 cm³/mol. The van der Waals surface area contributed by atoms with Crippen LogP contribution in [-0.2, 0) is 0 Å². The molecule has 3 unspecified atom stereocenters. The van der Waals surface area contributed by atoms with Gasteiger partial charge in [-0.3, -0.25) is 10.2 Å². The zero-order valence-corrected chi connectivity index (χ0v) is 14.3. The van der Waals surface area contributed by atoms with Crippen molar-refractivity contribution in [2.75, 3.05) is 18.7 Å². The van der Waals surface area contributed by atoms with E-state index < -0.39 is 0 Å². The lowest BCUT2D eigenvalue weighted by molar-refractivity contribution is 0.0771. The van der Waals surface area contributed by atoms with Crippen LogP contribution in [0.2, 0.25) is 0 Å². The molecule has 2 aromatic rings. The Hall–Kier alpha value is -2.08. The molecular formula is C18H25N5O. The Balaban J connectivity index is 1.41. The largest absolute Gasteiger partial charge is 0.423 e. The molecule has 6 heteroatoms. The van der Waals surface area contributed by atoms with Crippen LogP contribution in [0.5, 0.6) is 0 Å². The molecule has 4 rings (SSSR count). The van der Waals surface area contributed by atoms with Crippen LogP contribution >= 0.6 is 0 Å². The number of fused-ring (bicyclic) bond motifs is 1. The van der Waals surface area contributed by atoms with E-state index in [4.69, 9.17) is 4.42 Å². The highest BCUT2D eigenvalue weighted by Crippen LogP contribution is 2.32. The molecule has 2 N–H and O–H groups in total. The molecule has 1 aromatic heterocycles. The van der Waals surface area contributed by atoms with Crippen LogP contribution in [0.25, 0.3) is 11.1 Å². The number of benzene rings is 1. The van der Waals surface area contributed by atoms with Gasteiger partial charge in [0.15, 0.2) is 5.58 Å². The van der Waals surface area contributed by atoms with Gasteiger partial charge in [0.25, 0.3) is 0 Å². The second-order valence-corrected chi connectivity index (χ2v) is 7.02. The minimum absolute atomic E-state index is 0.482. The Bertz CT molecular complexity index is 707. The molecule has 1 aliphatic heterocycles. The zero-order chi connectivity index (χ0) is 16.5. The first-order valence-corrected chi connectivity index (χ1v) is 8.85. The fourth-order valence-corrected chi connectivity index (χ4v) is 3.85. The highest BCUT2D eigenvalue weighted by Gasteiger charge is 2.32. The minimum Gasteiger partial charge on any atom is -0.423 e. The van der Waals surface area contributed by atoms with Gasteiger partial charge < -0.3 is 9.73 Å². The normalized spacial score (nSPS) is 28.4. The first kappa shape index (κ1) is 15.4. The van der Waals surface area contributed by atoms with Crippen molar-refractivity contribution in [3.05, 3.63) is 24.3 Å². The fourth-order valence-electron chi connectivity index (χ4n) is 3.85. The van der Waals surface area contributed by atoms with Crippen molar-refractivity contribution in [3.63, 3.8) is 0 Å². The molecular weight excluding hydrogens is 302 g/mol. The van der Waals surface area contributed by atoms with Gasteiger partial charge in [0.05, 0.1) is 13.3 Å². The van der Waals surface area contributed by atoms with Crippen molar-refractivity contribution in [2.45, 2.75) is 39.2 Å². The average molecular weight is 327 g/mol. The van der Waals surface area contributed by atoms with Gasteiger partial charge in [0, 0.05) is 6.04 Å². The van der Waals surface area contributed by atoms with Gasteiger partial charge in [-0.15, -0.1) is 0 Å². The summed E-state index contributed by atoms with van der Waals surface area (Å²) < 4.78 is 5.69. The number of nitrogens with one attached hydrogen (secondary N) is 2. The highest BCUT2D eigenvalue weighted by molar-refractivity contribution is 5.93. The third kappa shape index (κ3) is 2.98. The van der Waals surface area contributed by atoms with Crippen LogP contribution in [0.1, 0.15) is 33.1 Å². The van der Waals surface area contributed by atoms with Crippen molar-refractivity contribution in [3.8, 4) is 0 Å². The van der Waals surface area contributed by atoms with Crippen molar-refractivity contribution < 1.29 is 4.42 Å². The summed E-state index contributed by atoms with van der Waals surface area (Å²) in [4.78, 5) is 11.5. The number of rotatable bonds is 2. The summed E-state index contributed by atoms with van der Waals surface area (Å²) in [6.07, 6.45) is 3.95. The van der Waals surface area contributed by atoms with Gasteiger partial charge >= 0.3 is 6.01 Å². The van der Waals surface area contributed by atoms with E-state index in [2.05, 4.69) is 39.4 Å². The molecule has 1 saturated carbocycles. The van der Waals surface area contributed by atoms with Gasteiger partial charge in [-0.25, -0.2) is 4.99 Å². The molecule has 2 aliphatic rings. The van der Waals surface area contributed by atoms with E-state index in [-0.39, 0.29) is 0 Å². The highest BCUT2D eigenvalue weighted by atomic mass is 16.4. The van der Waals surface area contributed by atoms with E-state index in [0.717, 1.165) is 42.2 Å². The maximum Gasteiger partial charge on any atom is 0.302 e. The zero-order valence-electron chi connectivity index (χ0n) is 14.3. The van der Waals surface area contributed by atoms with E-state index in [1.807, 2.05) is 24.3 Å². The second-order valence-electron chi connectivity index (χ2n) is 7.02. The molecule has 0 bridgehead atoms. The second kappa shape index (κ2) is 6.43. The maximum absolute atomic E-state index is 5.69. The summed E-state index contributed by atoms with van der Waals surface area (Å²) in [7, 11) is 0. The Morgan fingerprint density at radius 2 is 2.12 bits per heavy atom. The topological polar surface area (TPSA) is 65.7 Å². The van der Waals surface area contributed by atoms with E-state index >= 15 is 0 Å². The summed E-state index contributed by atoms with van der Waals surface area (Å²) in [5.41, 5.74) is 1.63. The number of nitrogens with zero attached hydrogens (tertiary/aromatic N) is 3. The van der Waals surface area contributed by atoms with Crippen LogP contribution in [0.4, 0.5) is 6.01 Å². The van der Waals surface area contributed by atoms with E-state index in [0.29, 0.717) is 12.1 Å². The van der Waals surface area contributed by atoms with Gasteiger partial charge in [-0.1, -0.05) is 38.8 Å². The summed E-state index contributed by atoms with van der Waals surface area (Å²) in [5, 5.41) is 6.51. The van der Waals surface area contributed by atoms with Crippen LogP contribution in [-0.4, -0.2) is 35.2 Å². The van der Waals surface area contributed by atoms with Gasteiger partial charge in [-0.05, 0) is 30.4 Å². The summed E-state index contributed by atoms with van der Waals surface area (Å²) in [6, 6.07) is 8.85. The molecule has 128 valence electrons. The van der Waals surface area contributed by atoms with Crippen LogP contribution in [0.3, 0.4) is 0 Å². The SMILES string of the molecule is CC1CCCC(N2CN=C(Nc3nc4ccccc4o3)NC2)C1C. The molecule has 6 nitrogen and oxygen atoms in total. The molecule has 0 amide bonds. The predicted octanol–water partition coefficient (Wildman–Crippen LogP) is 3.24.